The van der Waals surface area contributed by atoms with Gasteiger partial charge in [-0.15, -0.1) is 0 Å². The molecule has 1 heterocycles. The lowest BCUT2D eigenvalue weighted by Gasteiger charge is -2.32. The Hall–Kier alpha value is -1.09. The van der Waals surface area contributed by atoms with E-state index in [0.717, 1.165) is 49.6 Å². The molecule has 1 saturated heterocycles. The summed E-state index contributed by atoms with van der Waals surface area (Å²) in [5.41, 5.74) is 1.78. The number of nitrogens with one attached hydrogen (secondary N) is 1. The Morgan fingerprint density at radius 1 is 1.32 bits per heavy atom. The standard InChI is InChI=1S/C16H25FN2/c1-12(2)18-11-14-4-5-16(15(17)10-14)19-8-6-13(3)7-9-19/h4-5,10,12-13,18H,6-9,11H2,1-3H3. The highest BCUT2D eigenvalue weighted by atomic mass is 19.1. The van der Waals surface area contributed by atoms with Crippen LogP contribution in [0.1, 0.15) is 39.2 Å². The van der Waals surface area contributed by atoms with Crippen LogP contribution in [0, 0.1) is 11.7 Å². The van der Waals surface area contributed by atoms with Crippen LogP contribution in [-0.2, 0) is 6.54 Å². The maximum Gasteiger partial charge on any atom is 0.146 e. The molecule has 0 bridgehead atoms. The van der Waals surface area contributed by atoms with Crippen molar-refractivity contribution in [3.8, 4) is 0 Å². The first kappa shape index (κ1) is 14.3. The Kier molecular flexibility index (Phi) is 4.81. The number of benzene rings is 1. The molecule has 2 rings (SSSR count). The molecule has 0 amide bonds. The maximum absolute atomic E-state index is 14.2. The molecule has 3 heteroatoms. The fourth-order valence-corrected chi connectivity index (χ4v) is 2.49. The number of rotatable bonds is 4. The lowest BCUT2D eigenvalue weighted by atomic mass is 9.98. The SMILES string of the molecule is CC1CCN(c2ccc(CNC(C)C)cc2F)CC1. The molecule has 0 saturated carbocycles. The van der Waals surface area contributed by atoms with E-state index in [4.69, 9.17) is 0 Å². The molecular formula is C16H25FN2. The average Bonchev–Trinajstić information content (AvgIpc) is 2.38. The summed E-state index contributed by atoms with van der Waals surface area (Å²) in [5, 5.41) is 3.31. The van der Waals surface area contributed by atoms with Gasteiger partial charge in [-0.2, -0.15) is 0 Å². The first-order valence-corrected chi connectivity index (χ1v) is 7.33. The number of nitrogens with zero attached hydrogens (tertiary/aromatic N) is 1. The van der Waals surface area contributed by atoms with Crippen molar-refractivity contribution in [3.05, 3.63) is 29.6 Å². The lowest BCUT2D eigenvalue weighted by Crippen LogP contribution is -2.33. The number of piperidine rings is 1. The fraction of sp³-hybridized carbons (Fsp3) is 0.625. The van der Waals surface area contributed by atoms with E-state index < -0.39 is 0 Å². The molecule has 1 aromatic carbocycles. The van der Waals surface area contributed by atoms with Crippen LogP contribution in [0.3, 0.4) is 0 Å². The molecule has 1 aliphatic rings. The highest BCUT2D eigenvalue weighted by Crippen LogP contribution is 2.26. The summed E-state index contributed by atoms with van der Waals surface area (Å²) in [7, 11) is 0. The van der Waals surface area contributed by atoms with Crippen molar-refractivity contribution in [2.75, 3.05) is 18.0 Å². The summed E-state index contributed by atoms with van der Waals surface area (Å²) < 4.78 is 14.2. The number of hydrogen-bond acceptors (Lipinski definition) is 2. The van der Waals surface area contributed by atoms with Crippen LogP contribution in [0.15, 0.2) is 18.2 Å². The number of halogens is 1. The summed E-state index contributed by atoms with van der Waals surface area (Å²) in [6.45, 7) is 9.14. The third kappa shape index (κ3) is 3.93. The van der Waals surface area contributed by atoms with Crippen molar-refractivity contribution in [1.29, 1.82) is 0 Å². The average molecular weight is 264 g/mol. The molecule has 0 spiro atoms. The highest BCUT2D eigenvalue weighted by molar-refractivity contribution is 5.49. The molecule has 2 nitrogen and oxygen atoms in total. The molecule has 19 heavy (non-hydrogen) atoms. The molecule has 0 radical (unpaired) electrons. The molecule has 1 N–H and O–H groups in total. The van der Waals surface area contributed by atoms with Crippen LogP contribution in [0.2, 0.25) is 0 Å². The smallest absolute Gasteiger partial charge is 0.146 e. The summed E-state index contributed by atoms with van der Waals surface area (Å²) in [6, 6.07) is 6.06. The monoisotopic (exact) mass is 264 g/mol. The summed E-state index contributed by atoms with van der Waals surface area (Å²) in [4.78, 5) is 2.18. The van der Waals surface area contributed by atoms with E-state index >= 15 is 0 Å². The quantitative estimate of drug-likeness (QED) is 0.894. The summed E-state index contributed by atoms with van der Waals surface area (Å²) in [6.07, 6.45) is 2.33. The van der Waals surface area contributed by atoms with Crippen molar-refractivity contribution in [3.63, 3.8) is 0 Å². The van der Waals surface area contributed by atoms with Gasteiger partial charge in [-0.05, 0) is 36.5 Å². The molecule has 0 unspecified atom stereocenters. The van der Waals surface area contributed by atoms with Crippen molar-refractivity contribution in [1.82, 2.24) is 5.32 Å². The largest absolute Gasteiger partial charge is 0.369 e. The Balaban J connectivity index is 2.02. The van der Waals surface area contributed by atoms with Crippen LogP contribution >= 0.6 is 0 Å². The van der Waals surface area contributed by atoms with Gasteiger partial charge in [-0.3, -0.25) is 0 Å². The second-order valence-electron chi connectivity index (χ2n) is 5.99. The maximum atomic E-state index is 14.2. The summed E-state index contributed by atoms with van der Waals surface area (Å²) >= 11 is 0. The van der Waals surface area contributed by atoms with E-state index in [0.29, 0.717) is 6.04 Å². The van der Waals surface area contributed by atoms with Crippen LogP contribution in [-0.4, -0.2) is 19.1 Å². The van der Waals surface area contributed by atoms with Gasteiger partial charge >= 0.3 is 0 Å². The van der Waals surface area contributed by atoms with Crippen molar-refractivity contribution < 1.29 is 4.39 Å². The van der Waals surface area contributed by atoms with Gasteiger partial charge in [-0.25, -0.2) is 4.39 Å². The molecule has 0 aromatic heterocycles. The van der Waals surface area contributed by atoms with E-state index in [1.807, 2.05) is 12.1 Å². The van der Waals surface area contributed by atoms with E-state index in [9.17, 15) is 4.39 Å². The summed E-state index contributed by atoms with van der Waals surface area (Å²) in [5.74, 6) is 0.687. The van der Waals surface area contributed by atoms with Crippen LogP contribution < -0.4 is 10.2 Å². The van der Waals surface area contributed by atoms with E-state index in [-0.39, 0.29) is 5.82 Å². The topological polar surface area (TPSA) is 15.3 Å². The van der Waals surface area contributed by atoms with Gasteiger partial charge in [0, 0.05) is 25.7 Å². The zero-order chi connectivity index (χ0) is 13.8. The molecular weight excluding hydrogens is 239 g/mol. The number of anilines is 1. The Morgan fingerprint density at radius 3 is 2.58 bits per heavy atom. The van der Waals surface area contributed by atoms with Gasteiger partial charge in [0.15, 0.2) is 0 Å². The zero-order valence-corrected chi connectivity index (χ0v) is 12.2. The first-order chi connectivity index (χ1) is 9.06. The molecule has 0 aliphatic carbocycles. The van der Waals surface area contributed by atoms with E-state index in [1.54, 1.807) is 6.07 Å². The lowest BCUT2D eigenvalue weighted by molar-refractivity contribution is 0.434. The van der Waals surface area contributed by atoms with Crippen molar-refractivity contribution in [2.45, 2.75) is 46.2 Å². The molecule has 1 aliphatic heterocycles. The zero-order valence-electron chi connectivity index (χ0n) is 12.2. The van der Waals surface area contributed by atoms with E-state index in [2.05, 4.69) is 31.0 Å². The predicted molar refractivity (Wildman–Crippen MR) is 79.0 cm³/mol. The van der Waals surface area contributed by atoms with Gasteiger partial charge in [0.25, 0.3) is 0 Å². The minimum absolute atomic E-state index is 0.0855. The predicted octanol–water partition coefficient (Wildman–Crippen LogP) is 3.56. The van der Waals surface area contributed by atoms with Crippen LogP contribution in [0.25, 0.3) is 0 Å². The molecule has 0 atom stereocenters. The fourth-order valence-electron chi connectivity index (χ4n) is 2.49. The van der Waals surface area contributed by atoms with E-state index in [1.165, 1.54) is 0 Å². The van der Waals surface area contributed by atoms with Gasteiger partial charge < -0.3 is 10.2 Å². The Morgan fingerprint density at radius 2 is 2.00 bits per heavy atom. The third-order valence-corrected chi connectivity index (χ3v) is 3.85. The highest BCUT2D eigenvalue weighted by Gasteiger charge is 2.18. The van der Waals surface area contributed by atoms with Crippen LogP contribution in [0.5, 0.6) is 0 Å². The third-order valence-electron chi connectivity index (χ3n) is 3.85. The van der Waals surface area contributed by atoms with Crippen molar-refractivity contribution in [2.24, 2.45) is 5.92 Å². The Labute approximate surface area is 116 Å². The minimum Gasteiger partial charge on any atom is -0.369 e. The van der Waals surface area contributed by atoms with Gasteiger partial charge in [0.2, 0.25) is 0 Å². The number of hydrogen-bond donors (Lipinski definition) is 1. The second-order valence-corrected chi connectivity index (χ2v) is 5.99. The van der Waals surface area contributed by atoms with Gasteiger partial charge in [0.1, 0.15) is 5.82 Å². The molecule has 1 aromatic rings. The van der Waals surface area contributed by atoms with Gasteiger partial charge in [-0.1, -0.05) is 26.8 Å². The minimum atomic E-state index is -0.0855. The van der Waals surface area contributed by atoms with Gasteiger partial charge in [0.05, 0.1) is 5.69 Å². The Bertz CT molecular complexity index is 409. The first-order valence-electron chi connectivity index (χ1n) is 7.33. The molecule has 106 valence electrons. The molecule has 1 fully saturated rings. The second kappa shape index (κ2) is 6.38. The van der Waals surface area contributed by atoms with Crippen LogP contribution in [0.4, 0.5) is 10.1 Å². The normalized spacial score (nSPS) is 17.2. The van der Waals surface area contributed by atoms with Crippen molar-refractivity contribution >= 4 is 5.69 Å².